The smallest absolute Gasteiger partial charge is 0.198 e. The summed E-state index contributed by atoms with van der Waals surface area (Å²) in [6.45, 7) is 0.651. The number of Topliss-reactive ketones (excluding diaryl/α,β-unsaturated/α-hetero) is 1. The van der Waals surface area contributed by atoms with E-state index in [4.69, 9.17) is 10.5 Å². The van der Waals surface area contributed by atoms with E-state index in [1.54, 1.807) is 0 Å². The molecule has 0 spiro atoms. The summed E-state index contributed by atoms with van der Waals surface area (Å²) >= 11 is 0. The number of rotatable bonds is 3. The summed E-state index contributed by atoms with van der Waals surface area (Å²) in [5.74, 6) is 0.610. The molecular formula is C9H13NO2. The summed E-state index contributed by atoms with van der Waals surface area (Å²) < 4.78 is 5.14. The van der Waals surface area contributed by atoms with Crippen LogP contribution in [0.15, 0.2) is 11.8 Å². The fraction of sp³-hybridized carbons (Fsp3) is 0.667. The third-order valence-corrected chi connectivity index (χ3v) is 2.38. The number of ether oxygens (including phenoxy) is 1. The van der Waals surface area contributed by atoms with Gasteiger partial charge in [0.15, 0.2) is 11.5 Å². The van der Waals surface area contributed by atoms with Gasteiger partial charge in [0.2, 0.25) is 0 Å². The Kier molecular flexibility index (Phi) is 1.68. The van der Waals surface area contributed by atoms with Crippen LogP contribution in [0, 0.1) is 0 Å². The minimum absolute atomic E-state index is 0.0764. The first-order valence-electron chi connectivity index (χ1n) is 4.35. The van der Waals surface area contributed by atoms with Crippen molar-refractivity contribution in [1.29, 1.82) is 0 Å². The molecule has 0 saturated heterocycles. The monoisotopic (exact) mass is 167 g/mol. The van der Waals surface area contributed by atoms with Crippen molar-refractivity contribution in [2.24, 2.45) is 5.73 Å². The predicted octanol–water partition coefficient (Wildman–Crippen LogP) is 0.741. The van der Waals surface area contributed by atoms with Crippen LogP contribution in [0.1, 0.15) is 25.7 Å². The largest absolute Gasteiger partial charge is 0.490 e. The lowest BCUT2D eigenvalue weighted by Crippen LogP contribution is -2.26. The number of carbonyl (C=O) groups is 1. The van der Waals surface area contributed by atoms with Gasteiger partial charge >= 0.3 is 0 Å². The molecule has 3 heteroatoms. The van der Waals surface area contributed by atoms with Gasteiger partial charge in [0.25, 0.3) is 0 Å². The minimum Gasteiger partial charge on any atom is -0.490 e. The van der Waals surface area contributed by atoms with Crippen LogP contribution in [0.3, 0.4) is 0 Å². The SMILES string of the molecule is NC1(CC(=O)C2=CCCO2)CC1. The van der Waals surface area contributed by atoms with Crippen molar-refractivity contribution < 1.29 is 9.53 Å². The second-order valence-corrected chi connectivity index (χ2v) is 3.67. The van der Waals surface area contributed by atoms with Gasteiger partial charge in [-0.1, -0.05) is 0 Å². The highest BCUT2D eigenvalue weighted by atomic mass is 16.5. The molecule has 2 aliphatic rings. The Morgan fingerprint density at radius 1 is 1.67 bits per heavy atom. The predicted molar refractivity (Wildman–Crippen MR) is 44.4 cm³/mol. The molecule has 12 heavy (non-hydrogen) atoms. The van der Waals surface area contributed by atoms with E-state index in [1.807, 2.05) is 6.08 Å². The first kappa shape index (κ1) is 7.80. The van der Waals surface area contributed by atoms with Crippen molar-refractivity contribution in [2.45, 2.75) is 31.2 Å². The average Bonchev–Trinajstić information content (AvgIpc) is 2.55. The molecule has 0 radical (unpaired) electrons. The molecule has 0 atom stereocenters. The van der Waals surface area contributed by atoms with Crippen LogP contribution in [0.25, 0.3) is 0 Å². The number of hydrogen-bond acceptors (Lipinski definition) is 3. The summed E-state index contributed by atoms with van der Waals surface area (Å²) in [6, 6.07) is 0. The Morgan fingerprint density at radius 3 is 2.92 bits per heavy atom. The zero-order chi connectivity index (χ0) is 8.60. The number of nitrogens with two attached hydrogens (primary N) is 1. The normalized spacial score (nSPS) is 24.6. The summed E-state index contributed by atoms with van der Waals surface area (Å²) in [7, 11) is 0. The van der Waals surface area contributed by atoms with Crippen LogP contribution in [-0.2, 0) is 9.53 Å². The van der Waals surface area contributed by atoms with Gasteiger partial charge in [-0.3, -0.25) is 4.79 Å². The molecule has 0 aromatic rings. The van der Waals surface area contributed by atoms with Crippen LogP contribution >= 0.6 is 0 Å². The molecule has 0 aromatic heterocycles. The molecule has 0 bridgehead atoms. The third-order valence-electron chi connectivity index (χ3n) is 2.38. The Hall–Kier alpha value is -0.830. The van der Waals surface area contributed by atoms with E-state index in [0.717, 1.165) is 19.3 Å². The molecular weight excluding hydrogens is 154 g/mol. The van der Waals surface area contributed by atoms with Gasteiger partial charge in [-0.25, -0.2) is 0 Å². The first-order chi connectivity index (χ1) is 5.70. The number of carbonyl (C=O) groups excluding carboxylic acids is 1. The number of allylic oxidation sites excluding steroid dienone is 1. The van der Waals surface area contributed by atoms with Crippen LogP contribution in [0.2, 0.25) is 0 Å². The number of ketones is 1. The maximum absolute atomic E-state index is 11.4. The lowest BCUT2D eigenvalue weighted by Gasteiger charge is -2.07. The zero-order valence-electron chi connectivity index (χ0n) is 7.01. The van der Waals surface area contributed by atoms with Gasteiger partial charge in [0.05, 0.1) is 6.61 Å². The van der Waals surface area contributed by atoms with Crippen LogP contribution in [0.5, 0.6) is 0 Å². The van der Waals surface area contributed by atoms with Crippen molar-refractivity contribution in [3.8, 4) is 0 Å². The quantitative estimate of drug-likeness (QED) is 0.674. The topological polar surface area (TPSA) is 52.3 Å². The Balaban J connectivity index is 1.91. The van der Waals surface area contributed by atoms with Gasteiger partial charge in [-0.15, -0.1) is 0 Å². The minimum atomic E-state index is -0.191. The summed E-state index contributed by atoms with van der Waals surface area (Å²) in [6.07, 6.45) is 5.13. The van der Waals surface area contributed by atoms with Crippen LogP contribution in [0.4, 0.5) is 0 Å². The molecule has 2 rings (SSSR count). The van der Waals surface area contributed by atoms with E-state index in [0.29, 0.717) is 18.8 Å². The van der Waals surface area contributed by atoms with Crippen molar-refractivity contribution in [2.75, 3.05) is 6.61 Å². The van der Waals surface area contributed by atoms with Gasteiger partial charge in [-0.2, -0.15) is 0 Å². The molecule has 2 N–H and O–H groups in total. The van der Waals surface area contributed by atoms with Gasteiger partial charge in [0, 0.05) is 18.4 Å². The van der Waals surface area contributed by atoms with Crippen LogP contribution in [-0.4, -0.2) is 17.9 Å². The highest BCUT2D eigenvalue weighted by molar-refractivity contribution is 5.94. The second kappa shape index (κ2) is 2.59. The van der Waals surface area contributed by atoms with Crippen molar-refractivity contribution in [3.63, 3.8) is 0 Å². The van der Waals surface area contributed by atoms with Crippen LogP contribution < -0.4 is 5.73 Å². The van der Waals surface area contributed by atoms with E-state index in [-0.39, 0.29) is 11.3 Å². The Morgan fingerprint density at radius 2 is 2.42 bits per heavy atom. The molecule has 1 heterocycles. The molecule has 0 unspecified atom stereocenters. The molecule has 1 aliphatic carbocycles. The molecule has 0 amide bonds. The summed E-state index contributed by atoms with van der Waals surface area (Å²) in [4.78, 5) is 11.4. The Bertz CT molecular complexity index is 241. The highest BCUT2D eigenvalue weighted by Gasteiger charge is 2.41. The van der Waals surface area contributed by atoms with E-state index < -0.39 is 0 Å². The highest BCUT2D eigenvalue weighted by Crippen LogP contribution is 2.36. The fourth-order valence-electron chi connectivity index (χ4n) is 1.36. The van der Waals surface area contributed by atoms with E-state index in [2.05, 4.69) is 0 Å². The maximum Gasteiger partial charge on any atom is 0.198 e. The summed E-state index contributed by atoms with van der Waals surface area (Å²) in [5, 5.41) is 0. The van der Waals surface area contributed by atoms with Crippen molar-refractivity contribution in [3.05, 3.63) is 11.8 Å². The first-order valence-corrected chi connectivity index (χ1v) is 4.35. The zero-order valence-corrected chi connectivity index (χ0v) is 7.01. The standard InChI is InChI=1S/C9H13NO2/c10-9(3-4-9)6-7(11)8-2-1-5-12-8/h2H,1,3-6,10H2. The fourth-order valence-corrected chi connectivity index (χ4v) is 1.36. The molecule has 0 aromatic carbocycles. The average molecular weight is 167 g/mol. The van der Waals surface area contributed by atoms with Gasteiger partial charge in [-0.05, 0) is 18.9 Å². The van der Waals surface area contributed by atoms with E-state index in [9.17, 15) is 4.79 Å². The molecule has 1 saturated carbocycles. The molecule has 1 aliphatic heterocycles. The maximum atomic E-state index is 11.4. The second-order valence-electron chi connectivity index (χ2n) is 3.67. The molecule has 66 valence electrons. The van der Waals surface area contributed by atoms with Gasteiger partial charge < -0.3 is 10.5 Å². The number of hydrogen-bond donors (Lipinski definition) is 1. The third kappa shape index (κ3) is 1.50. The van der Waals surface area contributed by atoms with Gasteiger partial charge in [0.1, 0.15) is 0 Å². The molecule has 3 nitrogen and oxygen atoms in total. The Labute approximate surface area is 71.6 Å². The molecule has 1 fully saturated rings. The van der Waals surface area contributed by atoms with E-state index in [1.165, 1.54) is 0 Å². The lowest BCUT2D eigenvalue weighted by atomic mass is 10.1. The van der Waals surface area contributed by atoms with E-state index >= 15 is 0 Å². The van der Waals surface area contributed by atoms with Crippen molar-refractivity contribution >= 4 is 5.78 Å². The van der Waals surface area contributed by atoms with Crippen molar-refractivity contribution in [1.82, 2.24) is 0 Å². The lowest BCUT2D eigenvalue weighted by molar-refractivity contribution is -0.119. The summed E-state index contributed by atoms with van der Waals surface area (Å²) in [5.41, 5.74) is 5.62.